The first kappa shape index (κ1) is 11.2. The van der Waals surface area contributed by atoms with E-state index in [0.717, 1.165) is 25.1 Å². The van der Waals surface area contributed by atoms with E-state index in [0.29, 0.717) is 12.3 Å². The van der Waals surface area contributed by atoms with Gasteiger partial charge in [0, 0.05) is 18.7 Å². The first-order valence-corrected chi connectivity index (χ1v) is 6.10. The molecule has 0 radical (unpaired) electrons. The number of hydrogen-bond donors (Lipinski definition) is 0. The number of fused-ring (bicyclic) bond motifs is 1. The molecule has 0 aromatic heterocycles. The zero-order valence-corrected chi connectivity index (χ0v) is 10.1. The molecule has 0 fully saturated rings. The molecule has 1 atom stereocenters. The number of carbonyl (C=O) groups is 1. The molecule has 0 saturated heterocycles. The second kappa shape index (κ2) is 4.69. The molecule has 2 heteroatoms. The molecule has 1 amide bonds. The average molecular weight is 217 g/mol. The molecule has 0 saturated carbocycles. The molecule has 0 aliphatic carbocycles. The van der Waals surface area contributed by atoms with Crippen molar-refractivity contribution in [1.29, 1.82) is 0 Å². The predicted molar refractivity (Wildman–Crippen MR) is 66.6 cm³/mol. The quantitative estimate of drug-likeness (QED) is 0.745. The van der Waals surface area contributed by atoms with Gasteiger partial charge in [-0.1, -0.05) is 32.0 Å². The maximum Gasteiger partial charge on any atom is 0.226 e. The Balaban J connectivity index is 2.30. The van der Waals surface area contributed by atoms with Gasteiger partial charge in [0.2, 0.25) is 5.91 Å². The van der Waals surface area contributed by atoms with E-state index in [2.05, 4.69) is 32.0 Å². The van der Waals surface area contributed by atoms with Gasteiger partial charge in [-0.3, -0.25) is 4.79 Å². The number of rotatable bonds is 2. The van der Waals surface area contributed by atoms with Crippen LogP contribution in [0.4, 0.5) is 5.69 Å². The summed E-state index contributed by atoms with van der Waals surface area (Å²) in [5.74, 6) is 0.831. The lowest BCUT2D eigenvalue weighted by molar-refractivity contribution is -0.118. The van der Waals surface area contributed by atoms with Crippen molar-refractivity contribution in [3.05, 3.63) is 29.8 Å². The van der Waals surface area contributed by atoms with Gasteiger partial charge in [-0.15, -0.1) is 0 Å². The Labute approximate surface area is 97.3 Å². The molecule has 1 aromatic carbocycles. The van der Waals surface area contributed by atoms with Gasteiger partial charge in [0.15, 0.2) is 0 Å². The molecule has 1 unspecified atom stereocenters. The average Bonchev–Trinajstić information content (AvgIpc) is 2.28. The third-order valence-electron chi connectivity index (χ3n) is 3.11. The third-order valence-corrected chi connectivity index (χ3v) is 3.11. The van der Waals surface area contributed by atoms with Crippen LogP contribution in [0.15, 0.2) is 24.3 Å². The monoisotopic (exact) mass is 217 g/mol. The number of nitrogens with zero attached hydrogens (tertiary/aromatic N) is 1. The molecular formula is C14H19NO. The molecule has 1 aliphatic heterocycles. The van der Waals surface area contributed by atoms with E-state index in [1.165, 1.54) is 5.56 Å². The maximum absolute atomic E-state index is 12.0. The van der Waals surface area contributed by atoms with Crippen molar-refractivity contribution < 1.29 is 4.79 Å². The van der Waals surface area contributed by atoms with Crippen molar-refractivity contribution in [2.45, 2.75) is 33.1 Å². The zero-order valence-electron chi connectivity index (χ0n) is 10.1. The maximum atomic E-state index is 12.0. The Bertz CT molecular complexity index is 386. The highest BCUT2D eigenvalue weighted by atomic mass is 16.2. The molecule has 16 heavy (non-hydrogen) atoms. The number of para-hydroxylation sites is 1. The van der Waals surface area contributed by atoms with Crippen LogP contribution in [0.1, 0.15) is 32.3 Å². The van der Waals surface area contributed by atoms with Crippen LogP contribution in [-0.4, -0.2) is 12.5 Å². The van der Waals surface area contributed by atoms with Gasteiger partial charge in [0.05, 0.1) is 0 Å². The molecule has 1 heterocycles. The lowest BCUT2D eigenvalue weighted by atomic mass is 9.93. The van der Waals surface area contributed by atoms with Crippen molar-refractivity contribution in [3.63, 3.8) is 0 Å². The fourth-order valence-corrected chi connectivity index (χ4v) is 2.38. The molecule has 0 N–H and O–H groups in total. The second-order valence-corrected chi connectivity index (χ2v) is 4.69. The summed E-state index contributed by atoms with van der Waals surface area (Å²) >= 11 is 0. The van der Waals surface area contributed by atoms with Crippen LogP contribution in [0.3, 0.4) is 0 Å². The van der Waals surface area contributed by atoms with Gasteiger partial charge in [0.25, 0.3) is 0 Å². The molecule has 0 bridgehead atoms. The molecular weight excluding hydrogens is 198 g/mol. The van der Waals surface area contributed by atoms with E-state index in [1.54, 1.807) is 0 Å². The Hall–Kier alpha value is -1.31. The van der Waals surface area contributed by atoms with Crippen molar-refractivity contribution >= 4 is 11.6 Å². The highest BCUT2D eigenvalue weighted by Gasteiger charge is 2.25. The topological polar surface area (TPSA) is 20.3 Å². The summed E-state index contributed by atoms with van der Waals surface area (Å²) in [7, 11) is 0. The minimum absolute atomic E-state index is 0.265. The summed E-state index contributed by atoms with van der Waals surface area (Å²) in [5, 5.41) is 0. The van der Waals surface area contributed by atoms with Crippen LogP contribution in [-0.2, 0) is 11.2 Å². The van der Waals surface area contributed by atoms with Crippen LogP contribution >= 0.6 is 0 Å². The lowest BCUT2D eigenvalue weighted by Gasteiger charge is -2.33. The Morgan fingerprint density at radius 1 is 1.44 bits per heavy atom. The van der Waals surface area contributed by atoms with Gasteiger partial charge in [0.1, 0.15) is 0 Å². The van der Waals surface area contributed by atoms with Gasteiger partial charge in [-0.05, 0) is 30.4 Å². The largest absolute Gasteiger partial charge is 0.312 e. The minimum atomic E-state index is 0.265. The highest BCUT2D eigenvalue weighted by molar-refractivity contribution is 5.94. The van der Waals surface area contributed by atoms with Crippen molar-refractivity contribution in [2.75, 3.05) is 11.4 Å². The number of hydrogen-bond acceptors (Lipinski definition) is 1. The predicted octanol–water partition coefficient (Wildman–Crippen LogP) is 3.01. The molecule has 0 spiro atoms. The summed E-state index contributed by atoms with van der Waals surface area (Å²) in [4.78, 5) is 14.0. The van der Waals surface area contributed by atoms with Crippen molar-refractivity contribution in [3.8, 4) is 0 Å². The number of amides is 1. The SMILES string of the molecule is CCCC(=O)N1CC(C)Cc2ccccc21. The van der Waals surface area contributed by atoms with E-state index in [4.69, 9.17) is 0 Å². The van der Waals surface area contributed by atoms with Gasteiger partial charge < -0.3 is 4.90 Å². The van der Waals surface area contributed by atoms with Crippen molar-refractivity contribution in [1.82, 2.24) is 0 Å². The van der Waals surface area contributed by atoms with E-state index in [-0.39, 0.29) is 5.91 Å². The molecule has 86 valence electrons. The van der Waals surface area contributed by atoms with Gasteiger partial charge in [-0.2, -0.15) is 0 Å². The minimum Gasteiger partial charge on any atom is -0.312 e. The van der Waals surface area contributed by atoms with Gasteiger partial charge >= 0.3 is 0 Å². The second-order valence-electron chi connectivity index (χ2n) is 4.69. The Morgan fingerprint density at radius 3 is 2.94 bits per heavy atom. The summed E-state index contributed by atoms with van der Waals surface area (Å²) in [5.41, 5.74) is 2.43. The normalized spacial score (nSPS) is 19.4. The molecule has 2 rings (SSSR count). The summed E-state index contributed by atoms with van der Waals surface area (Å²) in [6.07, 6.45) is 2.67. The standard InChI is InChI=1S/C14H19NO/c1-3-6-14(16)15-10-11(2)9-12-7-4-5-8-13(12)15/h4-5,7-8,11H,3,6,9-10H2,1-2H3. The fraction of sp³-hybridized carbons (Fsp3) is 0.500. The molecule has 1 aliphatic rings. The van der Waals surface area contributed by atoms with E-state index >= 15 is 0 Å². The van der Waals surface area contributed by atoms with Crippen LogP contribution in [0.5, 0.6) is 0 Å². The smallest absolute Gasteiger partial charge is 0.226 e. The van der Waals surface area contributed by atoms with Crippen molar-refractivity contribution in [2.24, 2.45) is 5.92 Å². The van der Waals surface area contributed by atoms with Crippen LogP contribution in [0.25, 0.3) is 0 Å². The number of carbonyl (C=O) groups excluding carboxylic acids is 1. The zero-order chi connectivity index (χ0) is 11.5. The van der Waals surface area contributed by atoms with E-state index in [9.17, 15) is 4.79 Å². The summed E-state index contributed by atoms with van der Waals surface area (Å²) in [6.45, 7) is 5.13. The first-order valence-electron chi connectivity index (χ1n) is 6.10. The van der Waals surface area contributed by atoms with E-state index in [1.807, 2.05) is 11.0 Å². The number of benzene rings is 1. The summed E-state index contributed by atoms with van der Waals surface area (Å²) < 4.78 is 0. The molecule has 1 aromatic rings. The van der Waals surface area contributed by atoms with E-state index < -0.39 is 0 Å². The third kappa shape index (κ3) is 2.11. The van der Waals surface area contributed by atoms with Crippen LogP contribution in [0.2, 0.25) is 0 Å². The Kier molecular flexibility index (Phi) is 3.28. The first-order chi connectivity index (χ1) is 7.72. The Morgan fingerprint density at radius 2 is 2.19 bits per heavy atom. The highest BCUT2D eigenvalue weighted by Crippen LogP contribution is 2.29. The van der Waals surface area contributed by atoms with Gasteiger partial charge in [-0.25, -0.2) is 0 Å². The molecule has 2 nitrogen and oxygen atoms in total. The lowest BCUT2D eigenvalue weighted by Crippen LogP contribution is -2.38. The fourth-order valence-electron chi connectivity index (χ4n) is 2.38. The van der Waals surface area contributed by atoms with Crippen LogP contribution < -0.4 is 4.90 Å². The summed E-state index contributed by atoms with van der Waals surface area (Å²) in [6, 6.07) is 8.27. The number of anilines is 1. The van der Waals surface area contributed by atoms with Crippen LogP contribution in [0, 0.1) is 5.92 Å².